The molecule has 0 radical (unpaired) electrons. The van der Waals surface area contributed by atoms with Gasteiger partial charge in [0, 0.05) is 0 Å². The summed E-state index contributed by atoms with van der Waals surface area (Å²) in [6, 6.07) is 17.1. The standard InChI is InChI=1S/C15H14N2O2/c18-15(19-12-6-2-1-3-7-12)10-17-11-16-13-8-4-5-9-14(13)17/h1-9,11,15,18H,10H2/t15-/m0/s1. The number of rotatable bonds is 4. The molecule has 0 bridgehead atoms. The van der Waals surface area contributed by atoms with E-state index in [1.165, 1.54) is 0 Å². The summed E-state index contributed by atoms with van der Waals surface area (Å²) in [7, 11) is 0. The second-order valence-corrected chi connectivity index (χ2v) is 4.27. The lowest BCUT2D eigenvalue weighted by Crippen LogP contribution is -2.22. The molecule has 0 spiro atoms. The van der Waals surface area contributed by atoms with E-state index in [-0.39, 0.29) is 0 Å². The smallest absolute Gasteiger partial charge is 0.215 e. The molecule has 0 aliphatic rings. The lowest BCUT2D eigenvalue weighted by Gasteiger charge is -2.14. The maximum Gasteiger partial charge on any atom is 0.215 e. The summed E-state index contributed by atoms with van der Waals surface area (Å²) in [6.45, 7) is 0.343. The topological polar surface area (TPSA) is 47.3 Å². The highest BCUT2D eigenvalue weighted by atomic mass is 16.6. The average Bonchev–Trinajstić information content (AvgIpc) is 2.83. The molecule has 19 heavy (non-hydrogen) atoms. The molecule has 3 rings (SSSR count). The van der Waals surface area contributed by atoms with Crippen LogP contribution < -0.4 is 4.74 Å². The van der Waals surface area contributed by atoms with E-state index in [1.807, 2.05) is 59.2 Å². The van der Waals surface area contributed by atoms with Gasteiger partial charge in [-0.05, 0) is 24.3 Å². The molecule has 0 unspecified atom stereocenters. The molecule has 1 heterocycles. The van der Waals surface area contributed by atoms with Crippen LogP contribution in [-0.4, -0.2) is 20.9 Å². The Morgan fingerprint density at radius 3 is 2.63 bits per heavy atom. The monoisotopic (exact) mass is 254 g/mol. The molecular formula is C15H14N2O2. The SMILES string of the molecule is O[C@H](Cn1cnc2ccccc21)Oc1ccccc1. The number of hydrogen-bond donors (Lipinski definition) is 1. The third kappa shape index (κ3) is 2.58. The summed E-state index contributed by atoms with van der Waals surface area (Å²) in [5.74, 6) is 0.652. The molecule has 1 aromatic heterocycles. The quantitative estimate of drug-likeness (QED) is 0.727. The number of para-hydroxylation sites is 3. The van der Waals surface area contributed by atoms with E-state index in [0.29, 0.717) is 12.3 Å². The fraction of sp³-hybridized carbons (Fsp3) is 0.133. The lowest BCUT2D eigenvalue weighted by molar-refractivity contribution is -0.0286. The van der Waals surface area contributed by atoms with E-state index in [4.69, 9.17) is 4.74 Å². The summed E-state index contributed by atoms with van der Waals surface area (Å²) < 4.78 is 7.32. The number of aliphatic hydroxyl groups excluding tert-OH is 1. The second kappa shape index (κ2) is 5.12. The molecular weight excluding hydrogens is 240 g/mol. The zero-order chi connectivity index (χ0) is 13.1. The van der Waals surface area contributed by atoms with Gasteiger partial charge < -0.3 is 14.4 Å². The molecule has 2 aromatic carbocycles. The van der Waals surface area contributed by atoms with Crippen molar-refractivity contribution in [2.75, 3.05) is 0 Å². The van der Waals surface area contributed by atoms with Gasteiger partial charge in [-0.2, -0.15) is 0 Å². The minimum Gasteiger partial charge on any atom is -0.463 e. The van der Waals surface area contributed by atoms with Crippen molar-refractivity contribution >= 4 is 11.0 Å². The highest BCUT2D eigenvalue weighted by Gasteiger charge is 2.09. The van der Waals surface area contributed by atoms with Gasteiger partial charge in [0.2, 0.25) is 6.29 Å². The van der Waals surface area contributed by atoms with Crippen LogP contribution in [0.25, 0.3) is 11.0 Å². The lowest BCUT2D eigenvalue weighted by atomic mass is 10.3. The predicted octanol–water partition coefficient (Wildman–Crippen LogP) is 2.43. The van der Waals surface area contributed by atoms with Crippen molar-refractivity contribution in [3.63, 3.8) is 0 Å². The van der Waals surface area contributed by atoms with Crippen molar-refractivity contribution in [2.24, 2.45) is 0 Å². The van der Waals surface area contributed by atoms with Gasteiger partial charge in [0.25, 0.3) is 0 Å². The molecule has 3 aromatic rings. The maximum absolute atomic E-state index is 9.96. The van der Waals surface area contributed by atoms with Crippen molar-refractivity contribution in [1.82, 2.24) is 9.55 Å². The van der Waals surface area contributed by atoms with Crippen LogP contribution in [-0.2, 0) is 6.54 Å². The molecule has 1 atom stereocenters. The fourth-order valence-corrected chi connectivity index (χ4v) is 2.02. The Kier molecular flexibility index (Phi) is 3.16. The molecule has 1 N–H and O–H groups in total. The minimum absolute atomic E-state index is 0.343. The summed E-state index contributed by atoms with van der Waals surface area (Å²) in [6.07, 6.45) is 0.808. The van der Waals surface area contributed by atoms with E-state index in [0.717, 1.165) is 11.0 Å². The Labute approximate surface area is 110 Å². The number of aromatic nitrogens is 2. The van der Waals surface area contributed by atoms with Crippen molar-refractivity contribution in [3.8, 4) is 5.75 Å². The van der Waals surface area contributed by atoms with Gasteiger partial charge in [-0.3, -0.25) is 0 Å². The predicted molar refractivity (Wildman–Crippen MR) is 72.8 cm³/mol. The Balaban J connectivity index is 1.74. The van der Waals surface area contributed by atoms with E-state index in [9.17, 15) is 5.11 Å². The molecule has 0 aliphatic carbocycles. The zero-order valence-corrected chi connectivity index (χ0v) is 10.3. The fourth-order valence-electron chi connectivity index (χ4n) is 2.02. The first-order valence-corrected chi connectivity index (χ1v) is 6.12. The molecule has 0 fully saturated rings. The van der Waals surface area contributed by atoms with Crippen LogP contribution in [0, 0.1) is 0 Å². The molecule has 0 amide bonds. The van der Waals surface area contributed by atoms with Gasteiger partial charge in [0.1, 0.15) is 5.75 Å². The normalized spacial score (nSPS) is 12.5. The van der Waals surface area contributed by atoms with E-state index in [1.54, 1.807) is 6.33 Å². The Bertz CT molecular complexity index is 664. The first-order chi connectivity index (χ1) is 9.33. The van der Waals surface area contributed by atoms with Gasteiger partial charge in [-0.15, -0.1) is 0 Å². The number of imidazole rings is 1. The summed E-state index contributed by atoms with van der Waals surface area (Å²) >= 11 is 0. The van der Waals surface area contributed by atoms with Crippen molar-refractivity contribution < 1.29 is 9.84 Å². The van der Waals surface area contributed by atoms with E-state index >= 15 is 0 Å². The molecule has 0 aliphatic heterocycles. The van der Waals surface area contributed by atoms with Gasteiger partial charge in [-0.25, -0.2) is 4.98 Å². The third-order valence-electron chi connectivity index (χ3n) is 2.90. The Morgan fingerprint density at radius 1 is 1.05 bits per heavy atom. The highest BCUT2D eigenvalue weighted by Crippen LogP contribution is 2.14. The van der Waals surface area contributed by atoms with Crippen molar-refractivity contribution in [2.45, 2.75) is 12.8 Å². The van der Waals surface area contributed by atoms with Gasteiger partial charge in [-0.1, -0.05) is 30.3 Å². The number of fused-ring (bicyclic) bond motifs is 1. The van der Waals surface area contributed by atoms with Crippen LogP contribution in [0.1, 0.15) is 0 Å². The van der Waals surface area contributed by atoms with Gasteiger partial charge in [0.05, 0.1) is 23.9 Å². The number of benzene rings is 2. The van der Waals surface area contributed by atoms with E-state index < -0.39 is 6.29 Å². The second-order valence-electron chi connectivity index (χ2n) is 4.27. The van der Waals surface area contributed by atoms with Crippen LogP contribution in [0.5, 0.6) is 5.75 Å². The van der Waals surface area contributed by atoms with E-state index in [2.05, 4.69) is 4.98 Å². The Morgan fingerprint density at radius 2 is 1.79 bits per heavy atom. The number of hydrogen-bond acceptors (Lipinski definition) is 3. The van der Waals surface area contributed by atoms with Crippen LogP contribution in [0.4, 0.5) is 0 Å². The Hall–Kier alpha value is -2.33. The van der Waals surface area contributed by atoms with Gasteiger partial charge >= 0.3 is 0 Å². The average molecular weight is 254 g/mol. The molecule has 0 saturated heterocycles. The molecule has 0 saturated carbocycles. The first kappa shape index (κ1) is 11.7. The van der Waals surface area contributed by atoms with Crippen LogP contribution in [0.3, 0.4) is 0 Å². The van der Waals surface area contributed by atoms with Crippen molar-refractivity contribution in [3.05, 3.63) is 60.9 Å². The number of aliphatic hydroxyl groups is 1. The first-order valence-electron chi connectivity index (χ1n) is 6.12. The third-order valence-corrected chi connectivity index (χ3v) is 2.90. The molecule has 4 heteroatoms. The van der Waals surface area contributed by atoms with Crippen molar-refractivity contribution in [1.29, 1.82) is 0 Å². The highest BCUT2D eigenvalue weighted by molar-refractivity contribution is 5.74. The summed E-state index contributed by atoms with van der Waals surface area (Å²) in [4.78, 5) is 4.28. The maximum atomic E-state index is 9.96. The minimum atomic E-state index is -0.903. The zero-order valence-electron chi connectivity index (χ0n) is 10.3. The molecule has 96 valence electrons. The number of ether oxygens (including phenoxy) is 1. The number of nitrogens with zero attached hydrogens (tertiary/aromatic N) is 2. The van der Waals surface area contributed by atoms with Crippen LogP contribution >= 0.6 is 0 Å². The largest absolute Gasteiger partial charge is 0.463 e. The van der Waals surface area contributed by atoms with Gasteiger partial charge in [0.15, 0.2) is 0 Å². The summed E-state index contributed by atoms with van der Waals surface area (Å²) in [5.41, 5.74) is 1.90. The summed E-state index contributed by atoms with van der Waals surface area (Å²) in [5, 5.41) is 9.96. The molecule has 4 nitrogen and oxygen atoms in total. The van der Waals surface area contributed by atoms with Crippen LogP contribution in [0.15, 0.2) is 60.9 Å². The van der Waals surface area contributed by atoms with Crippen LogP contribution in [0.2, 0.25) is 0 Å².